The lowest BCUT2D eigenvalue weighted by atomic mass is 9.95. The van der Waals surface area contributed by atoms with Crippen LogP contribution in [0.1, 0.15) is 72.5 Å². The molecule has 6 rings (SSSR count). The van der Waals surface area contributed by atoms with Gasteiger partial charge in [0.2, 0.25) is 0 Å². The van der Waals surface area contributed by atoms with Crippen LogP contribution in [0.3, 0.4) is 0 Å². The Labute approximate surface area is 239 Å². The first-order valence-corrected chi connectivity index (χ1v) is 14.6. The van der Waals surface area contributed by atoms with E-state index in [1.165, 1.54) is 24.8 Å². The number of hydrogen-bond acceptors (Lipinski definition) is 5. The average Bonchev–Trinajstić information content (AvgIpc) is 3.66. The Morgan fingerprint density at radius 1 is 1.00 bits per heavy atom. The lowest BCUT2D eigenvalue weighted by Gasteiger charge is -2.32. The van der Waals surface area contributed by atoms with Gasteiger partial charge in [0.05, 0.1) is 22.9 Å². The van der Waals surface area contributed by atoms with E-state index in [1.54, 1.807) is 18.6 Å². The number of carboxylic acids is 1. The summed E-state index contributed by atoms with van der Waals surface area (Å²) in [5, 5.41) is 12.0. The van der Waals surface area contributed by atoms with Crippen molar-refractivity contribution in [3.05, 3.63) is 83.8 Å². The second-order valence-corrected chi connectivity index (χ2v) is 11.2. The van der Waals surface area contributed by atoms with Crippen molar-refractivity contribution in [1.82, 2.24) is 19.8 Å². The van der Waals surface area contributed by atoms with Crippen LogP contribution in [0, 0.1) is 0 Å². The first-order valence-electron chi connectivity index (χ1n) is 14.6. The van der Waals surface area contributed by atoms with Crippen LogP contribution in [0.4, 0.5) is 0 Å². The SMILES string of the molecule is O=C(O)/C=C/c1ccc(CN2CCC(NC(=O)c3ccc4c(c3)nc(-c3ccoc3)n4C3CCCCC3)CC2)cc1. The molecule has 0 radical (unpaired) electrons. The van der Waals surface area contributed by atoms with E-state index in [1.807, 2.05) is 42.5 Å². The van der Waals surface area contributed by atoms with Gasteiger partial charge in [0.15, 0.2) is 0 Å². The number of hydrogen-bond donors (Lipinski definition) is 2. The molecule has 1 saturated heterocycles. The van der Waals surface area contributed by atoms with Crippen LogP contribution < -0.4 is 5.32 Å². The third-order valence-corrected chi connectivity index (χ3v) is 8.40. The molecule has 2 fully saturated rings. The molecule has 8 heteroatoms. The van der Waals surface area contributed by atoms with E-state index >= 15 is 0 Å². The summed E-state index contributed by atoms with van der Waals surface area (Å²) in [6.07, 6.45) is 14.0. The van der Waals surface area contributed by atoms with Crippen molar-refractivity contribution < 1.29 is 19.1 Å². The number of piperidine rings is 1. The van der Waals surface area contributed by atoms with Gasteiger partial charge in [-0.1, -0.05) is 43.5 Å². The van der Waals surface area contributed by atoms with Crippen LogP contribution in [0.25, 0.3) is 28.5 Å². The molecule has 0 bridgehead atoms. The van der Waals surface area contributed by atoms with Gasteiger partial charge in [0.1, 0.15) is 12.1 Å². The molecule has 4 aromatic rings. The molecule has 1 saturated carbocycles. The van der Waals surface area contributed by atoms with Crippen molar-refractivity contribution in [3.8, 4) is 11.4 Å². The summed E-state index contributed by atoms with van der Waals surface area (Å²) in [5.41, 5.74) is 5.59. The normalized spacial score (nSPS) is 17.4. The zero-order valence-corrected chi connectivity index (χ0v) is 23.2. The highest BCUT2D eigenvalue weighted by atomic mass is 16.4. The summed E-state index contributed by atoms with van der Waals surface area (Å²) in [6.45, 7) is 2.65. The van der Waals surface area contributed by atoms with E-state index in [0.717, 1.165) is 79.4 Å². The topological polar surface area (TPSA) is 101 Å². The maximum absolute atomic E-state index is 13.3. The molecule has 8 nitrogen and oxygen atoms in total. The Hall–Kier alpha value is -4.17. The summed E-state index contributed by atoms with van der Waals surface area (Å²) < 4.78 is 7.73. The van der Waals surface area contributed by atoms with Gasteiger partial charge in [0.25, 0.3) is 5.91 Å². The average molecular weight is 553 g/mol. The number of rotatable bonds is 8. The molecule has 2 aromatic carbocycles. The van der Waals surface area contributed by atoms with Gasteiger partial charge in [-0.15, -0.1) is 0 Å². The maximum atomic E-state index is 13.3. The predicted octanol–water partition coefficient (Wildman–Crippen LogP) is 6.29. The Kier molecular flexibility index (Phi) is 8.00. The zero-order chi connectivity index (χ0) is 28.2. The Morgan fingerprint density at radius 3 is 2.49 bits per heavy atom. The quantitative estimate of drug-likeness (QED) is 0.249. The Bertz CT molecular complexity index is 1520. The largest absolute Gasteiger partial charge is 0.478 e. The van der Waals surface area contributed by atoms with E-state index in [9.17, 15) is 9.59 Å². The van der Waals surface area contributed by atoms with Gasteiger partial charge < -0.3 is 19.4 Å². The smallest absolute Gasteiger partial charge is 0.328 e. The third-order valence-electron chi connectivity index (χ3n) is 8.40. The van der Waals surface area contributed by atoms with Gasteiger partial charge in [-0.3, -0.25) is 9.69 Å². The summed E-state index contributed by atoms with van der Waals surface area (Å²) in [6, 6.07) is 16.4. The van der Waals surface area contributed by atoms with Crippen LogP contribution in [-0.4, -0.2) is 50.6 Å². The number of nitrogens with zero attached hydrogens (tertiary/aromatic N) is 3. The molecule has 0 unspecified atom stereocenters. The third kappa shape index (κ3) is 6.28. The molecule has 3 heterocycles. The van der Waals surface area contributed by atoms with E-state index in [0.29, 0.717) is 11.6 Å². The summed E-state index contributed by atoms with van der Waals surface area (Å²) >= 11 is 0. The number of nitrogens with one attached hydrogen (secondary N) is 1. The van der Waals surface area contributed by atoms with Gasteiger partial charge in [0, 0.05) is 43.4 Å². The van der Waals surface area contributed by atoms with Crippen LogP contribution in [0.15, 0.2) is 71.6 Å². The van der Waals surface area contributed by atoms with E-state index in [2.05, 4.69) is 20.9 Å². The molecule has 2 N–H and O–H groups in total. The molecule has 0 atom stereocenters. The minimum Gasteiger partial charge on any atom is -0.478 e. The lowest BCUT2D eigenvalue weighted by molar-refractivity contribution is -0.131. The number of aromatic nitrogens is 2. The number of carboxylic acid groups (broad SMARTS) is 1. The molecule has 2 aliphatic rings. The standard InChI is InChI=1S/C33H36N4O4/c38-31(39)13-10-23-6-8-24(9-7-23)21-36-17-14-27(15-18-36)34-33(40)25-11-12-30-29(20-25)35-32(26-16-19-41-22-26)37(30)28-4-2-1-3-5-28/h6-13,16,19-20,22,27-28H,1-5,14-15,17-18,21H2,(H,34,40)(H,38,39)/b13-10+. The molecule has 41 heavy (non-hydrogen) atoms. The highest BCUT2D eigenvalue weighted by molar-refractivity contribution is 5.98. The first kappa shape index (κ1) is 27.0. The molecular formula is C33H36N4O4. The molecule has 212 valence electrons. The Morgan fingerprint density at radius 2 is 1.78 bits per heavy atom. The highest BCUT2D eigenvalue weighted by Gasteiger charge is 2.25. The summed E-state index contributed by atoms with van der Waals surface area (Å²) in [5.74, 6) is -0.0843. The van der Waals surface area contributed by atoms with Gasteiger partial charge in [-0.25, -0.2) is 9.78 Å². The number of aliphatic carboxylic acids is 1. The molecule has 1 aliphatic carbocycles. The number of furan rings is 1. The fourth-order valence-corrected chi connectivity index (χ4v) is 6.21. The maximum Gasteiger partial charge on any atom is 0.328 e. The van der Waals surface area contributed by atoms with Crippen LogP contribution in [0.5, 0.6) is 0 Å². The first-order chi connectivity index (χ1) is 20.0. The fraction of sp³-hybridized carbons (Fsp3) is 0.364. The van der Waals surface area contributed by atoms with Crippen LogP contribution >= 0.6 is 0 Å². The summed E-state index contributed by atoms with van der Waals surface area (Å²) in [7, 11) is 0. The van der Waals surface area contributed by atoms with Crippen molar-refractivity contribution in [2.75, 3.05) is 13.1 Å². The number of benzene rings is 2. The number of carbonyl (C=O) groups is 2. The number of fused-ring (bicyclic) bond motifs is 1. The lowest BCUT2D eigenvalue weighted by Crippen LogP contribution is -2.44. The van der Waals surface area contributed by atoms with Crippen molar-refractivity contribution >= 4 is 29.0 Å². The van der Waals surface area contributed by atoms with E-state index in [-0.39, 0.29) is 11.9 Å². The van der Waals surface area contributed by atoms with Crippen molar-refractivity contribution in [3.63, 3.8) is 0 Å². The Balaban J connectivity index is 1.08. The minimum absolute atomic E-state index is 0.0487. The molecular weight excluding hydrogens is 516 g/mol. The number of imidazole rings is 1. The predicted molar refractivity (Wildman–Crippen MR) is 158 cm³/mol. The van der Waals surface area contributed by atoms with Crippen LogP contribution in [0.2, 0.25) is 0 Å². The zero-order valence-electron chi connectivity index (χ0n) is 23.2. The highest BCUT2D eigenvalue weighted by Crippen LogP contribution is 2.36. The number of amides is 1. The second-order valence-electron chi connectivity index (χ2n) is 11.2. The van der Waals surface area contributed by atoms with Gasteiger partial charge >= 0.3 is 5.97 Å². The molecule has 0 spiro atoms. The minimum atomic E-state index is -0.949. The van der Waals surface area contributed by atoms with Crippen molar-refractivity contribution in [2.24, 2.45) is 0 Å². The molecule has 1 amide bonds. The van der Waals surface area contributed by atoms with E-state index in [4.69, 9.17) is 14.5 Å². The summed E-state index contributed by atoms with van der Waals surface area (Å²) in [4.78, 5) is 31.3. The second kappa shape index (κ2) is 12.1. The fourth-order valence-electron chi connectivity index (χ4n) is 6.21. The molecule has 1 aliphatic heterocycles. The number of likely N-dealkylation sites (tertiary alicyclic amines) is 1. The van der Waals surface area contributed by atoms with Crippen LogP contribution in [-0.2, 0) is 11.3 Å². The molecule has 2 aromatic heterocycles. The van der Waals surface area contributed by atoms with E-state index < -0.39 is 5.97 Å². The van der Waals surface area contributed by atoms with Crippen molar-refractivity contribution in [2.45, 2.75) is 63.6 Å². The van der Waals surface area contributed by atoms with Gasteiger partial charge in [-0.05, 0) is 67.2 Å². The monoisotopic (exact) mass is 552 g/mol. The van der Waals surface area contributed by atoms with Gasteiger partial charge in [-0.2, -0.15) is 0 Å². The van der Waals surface area contributed by atoms with Crippen molar-refractivity contribution in [1.29, 1.82) is 0 Å². The number of carbonyl (C=O) groups excluding carboxylic acids is 1.